The van der Waals surface area contributed by atoms with Crippen molar-refractivity contribution >= 4 is 22.0 Å². The van der Waals surface area contributed by atoms with Crippen molar-refractivity contribution in [3.05, 3.63) is 65.9 Å². The molecule has 1 N–H and O–H groups in total. The van der Waals surface area contributed by atoms with Crippen molar-refractivity contribution in [2.75, 3.05) is 7.05 Å². The van der Waals surface area contributed by atoms with Gasteiger partial charge in [-0.2, -0.15) is 4.41 Å². The van der Waals surface area contributed by atoms with Crippen molar-refractivity contribution in [1.29, 1.82) is 0 Å². The summed E-state index contributed by atoms with van der Waals surface area (Å²) in [5.74, 6) is 2.72. The van der Waals surface area contributed by atoms with E-state index in [0.29, 0.717) is 12.3 Å². The molecule has 0 radical (unpaired) electrons. The lowest BCUT2D eigenvalue weighted by Crippen LogP contribution is -2.23. The standard InChI is InChI=1S/C17H16N2O2S/c1-19-18-15(11-20)13-22(19)17-9-7-16(8-10-17)21-12-14-5-3-2-4-6-14/h2-10,13,18H,12H2,1H3. The Labute approximate surface area is 132 Å². The molecular formula is C17H16N2O2S. The Morgan fingerprint density at radius 2 is 1.86 bits per heavy atom. The highest BCUT2D eigenvalue weighted by atomic mass is 32.2. The topological polar surface area (TPSA) is 41.6 Å². The molecule has 0 spiro atoms. The van der Waals surface area contributed by atoms with Gasteiger partial charge >= 0.3 is 0 Å². The molecule has 1 unspecified atom stereocenters. The molecular weight excluding hydrogens is 296 g/mol. The van der Waals surface area contributed by atoms with Gasteiger partial charge in [-0.3, -0.25) is 5.43 Å². The van der Waals surface area contributed by atoms with Crippen LogP contribution in [-0.2, 0) is 11.4 Å². The molecule has 0 saturated carbocycles. The van der Waals surface area contributed by atoms with E-state index in [9.17, 15) is 4.79 Å². The summed E-state index contributed by atoms with van der Waals surface area (Å²) in [5.41, 5.74) is 4.59. The molecule has 2 aromatic rings. The number of nitrogens with zero attached hydrogens (tertiary/aromatic N) is 1. The fraction of sp³-hybridized carbons (Fsp3) is 0.118. The van der Waals surface area contributed by atoms with Crippen molar-refractivity contribution in [2.24, 2.45) is 0 Å². The van der Waals surface area contributed by atoms with Gasteiger partial charge in [-0.05, 0) is 29.8 Å². The zero-order chi connectivity index (χ0) is 15.4. The second kappa shape index (κ2) is 6.62. The van der Waals surface area contributed by atoms with E-state index in [4.69, 9.17) is 4.74 Å². The summed E-state index contributed by atoms with van der Waals surface area (Å²) in [7, 11) is 1.64. The van der Waals surface area contributed by atoms with Crippen LogP contribution in [0.4, 0.5) is 0 Å². The SMILES string of the molecule is CN1NC(=C=O)C=S1c1ccc(OCc2ccccc2)cc1. The Balaban J connectivity index is 1.69. The number of allylic oxidation sites excluding steroid dienone is 1. The third-order valence-electron chi connectivity index (χ3n) is 3.23. The molecule has 0 bridgehead atoms. The van der Waals surface area contributed by atoms with Crippen LogP contribution < -0.4 is 10.2 Å². The molecule has 1 aliphatic heterocycles. The average molecular weight is 312 g/mol. The molecule has 22 heavy (non-hydrogen) atoms. The predicted molar refractivity (Wildman–Crippen MR) is 89.2 cm³/mol. The number of hydrogen-bond donors (Lipinski definition) is 1. The number of ether oxygens (including phenoxy) is 1. The predicted octanol–water partition coefficient (Wildman–Crippen LogP) is 2.78. The summed E-state index contributed by atoms with van der Waals surface area (Å²) >= 11 is 0. The van der Waals surface area contributed by atoms with Crippen LogP contribution in [-0.4, -0.2) is 22.8 Å². The first-order chi connectivity index (χ1) is 10.8. The highest BCUT2D eigenvalue weighted by Crippen LogP contribution is 2.33. The quantitative estimate of drug-likeness (QED) is 0.535. The van der Waals surface area contributed by atoms with Crippen molar-refractivity contribution in [3.63, 3.8) is 0 Å². The van der Waals surface area contributed by atoms with Gasteiger partial charge in [0.15, 0.2) is 5.94 Å². The first kappa shape index (κ1) is 14.6. The second-order valence-corrected chi connectivity index (χ2v) is 6.69. The van der Waals surface area contributed by atoms with Crippen molar-refractivity contribution in [2.45, 2.75) is 11.5 Å². The van der Waals surface area contributed by atoms with Gasteiger partial charge in [-0.25, -0.2) is 4.79 Å². The average Bonchev–Trinajstić information content (AvgIpc) is 2.95. The van der Waals surface area contributed by atoms with Crippen molar-refractivity contribution < 1.29 is 9.53 Å². The molecule has 0 aromatic heterocycles. The normalized spacial score (nSPS) is 17.5. The molecule has 3 rings (SSSR count). The monoisotopic (exact) mass is 312 g/mol. The Bertz CT molecular complexity index is 735. The Kier molecular flexibility index (Phi) is 4.39. The van der Waals surface area contributed by atoms with E-state index in [1.54, 1.807) is 0 Å². The van der Waals surface area contributed by atoms with Gasteiger partial charge in [0.2, 0.25) is 0 Å². The Morgan fingerprint density at radius 3 is 2.50 bits per heavy atom. The molecule has 4 nitrogen and oxygen atoms in total. The highest BCUT2D eigenvalue weighted by molar-refractivity contribution is 8.13. The fourth-order valence-electron chi connectivity index (χ4n) is 2.13. The van der Waals surface area contributed by atoms with Crippen LogP contribution in [0.3, 0.4) is 0 Å². The molecule has 0 aliphatic carbocycles. The Morgan fingerprint density at radius 1 is 1.14 bits per heavy atom. The summed E-state index contributed by atoms with van der Waals surface area (Å²) in [6, 6.07) is 18.0. The molecule has 0 amide bonds. The van der Waals surface area contributed by atoms with Crippen molar-refractivity contribution in [3.8, 4) is 5.75 Å². The molecule has 1 atom stereocenters. The number of benzene rings is 2. The van der Waals surface area contributed by atoms with E-state index in [1.807, 2.05) is 77.4 Å². The van der Waals surface area contributed by atoms with Crippen LogP contribution in [0.15, 0.2) is 65.2 Å². The van der Waals surface area contributed by atoms with E-state index < -0.39 is 0 Å². The lowest BCUT2D eigenvalue weighted by Gasteiger charge is -2.15. The van der Waals surface area contributed by atoms with Crippen LogP contribution in [0.5, 0.6) is 5.75 Å². The maximum atomic E-state index is 10.7. The maximum Gasteiger partial charge on any atom is 0.152 e. The van der Waals surface area contributed by atoms with Gasteiger partial charge < -0.3 is 4.74 Å². The smallest absolute Gasteiger partial charge is 0.152 e. The van der Waals surface area contributed by atoms with Gasteiger partial charge in [-0.1, -0.05) is 41.0 Å². The minimum absolute atomic E-state index is 0.271. The van der Waals surface area contributed by atoms with Crippen LogP contribution in [0.2, 0.25) is 0 Å². The first-order valence-electron chi connectivity index (χ1n) is 6.86. The lowest BCUT2D eigenvalue weighted by molar-refractivity contribution is 0.306. The van der Waals surface area contributed by atoms with Crippen molar-refractivity contribution in [1.82, 2.24) is 9.84 Å². The zero-order valence-electron chi connectivity index (χ0n) is 12.2. The van der Waals surface area contributed by atoms with Crippen LogP contribution in [0.1, 0.15) is 5.56 Å². The molecule has 5 heteroatoms. The second-order valence-electron chi connectivity index (χ2n) is 4.80. The summed E-state index contributed by atoms with van der Waals surface area (Å²) in [5, 5.41) is 1.88. The van der Waals surface area contributed by atoms with Gasteiger partial charge in [0, 0.05) is 17.3 Å². The van der Waals surface area contributed by atoms with Crippen LogP contribution in [0, 0.1) is 0 Å². The molecule has 0 saturated heterocycles. The molecule has 1 heterocycles. The molecule has 1 aliphatic rings. The number of hydrogen-bond acceptors (Lipinski definition) is 4. The van der Waals surface area contributed by atoms with Gasteiger partial charge in [0.05, 0.1) is 0 Å². The minimum atomic E-state index is -0.271. The molecule has 0 fully saturated rings. The maximum absolute atomic E-state index is 10.7. The molecule has 2 aromatic carbocycles. The first-order valence-corrected chi connectivity index (χ1v) is 8.11. The van der Waals surface area contributed by atoms with Gasteiger partial charge in [0.25, 0.3) is 0 Å². The highest BCUT2D eigenvalue weighted by Gasteiger charge is 2.15. The lowest BCUT2D eigenvalue weighted by atomic mass is 10.2. The number of hydrazine groups is 1. The largest absolute Gasteiger partial charge is 0.489 e. The van der Waals surface area contributed by atoms with E-state index in [-0.39, 0.29) is 10.7 Å². The summed E-state index contributed by atoms with van der Waals surface area (Å²) in [6.07, 6.45) is 0. The molecule has 112 valence electrons. The van der Waals surface area contributed by atoms with Gasteiger partial charge in [-0.15, -0.1) is 0 Å². The summed E-state index contributed by atoms with van der Waals surface area (Å²) in [6.45, 7) is 0.553. The number of carbonyl (C=O) groups excluding carboxylic acids is 1. The van der Waals surface area contributed by atoms with E-state index >= 15 is 0 Å². The van der Waals surface area contributed by atoms with E-state index in [1.165, 1.54) is 0 Å². The minimum Gasteiger partial charge on any atom is -0.489 e. The summed E-state index contributed by atoms with van der Waals surface area (Å²) in [4.78, 5) is 11.8. The number of nitrogens with one attached hydrogen (secondary N) is 1. The number of rotatable bonds is 4. The van der Waals surface area contributed by atoms with Gasteiger partial charge in [0.1, 0.15) is 18.1 Å². The third-order valence-corrected chi connectivity index (χ3v) is 5.12. The third kappa shape index (κ3) is 3.28. The van der Waals surface area contributed by atoms with E-state index in [2.05, 4.69) is 5.43 Å². The summed E-state index contributed by atoms with van der Waals surface area (Å²) < 4.78 is 7.68. The van der Waals surface area contributed by atoms with Crippen LogP contribution in [0.25, 0.3) is 0 Å². The van der Waals surface area contributed by atoms with Crippen LogP contribution >= 0.6 is 10.7 Å². The van der Waals surface area contributed by atoms with E-state index in [0.717, 1.165) is 16.2 Å². The Hall–Kier alpha value is -2.33. The zero-order valence-corrected chi connectivity index (χ0v) is 13.0. The fourth-order valence-corrected chi connectivity index (χ4v) is 3.67.